The van der Waals surface area contributed by atoms with E-state index in [0.29, 0.717) is 18.8 Å². The van der Waals surface area contributed by atoms with Gasteiger partial charge in [0.25, 0.3) is 5.69 Å². The maximum Gasteiger partial charge on any atom is 0.408 e. The summed E-state index contributed by atoms with van der Waals surface area (Å²) in [5, 5.41) is 12.8. The summed E-state index contributed by atoms with van der Waals surface area (Å²) < 4.78 is 38.2. The number of nitro benzene ring substituents is 1. The second-order valence-electron chi connectivity index (χ2n) is 6.82. The van der Waals surface area contributed by atoms with Gasteiger partial charge in [0.1, 0.15) is 12.0 Å². The van der Waals surface area contributed by atoms with Crippen molar-refractivity contribution in [2.75, 3.05) is 31.1 Å². The normalized spacial score (nSPS) is 23.3. The molecule has 1 N–H and O–H groups in total. The van der Waals surface area contributed by atoms with Crippen LogP contribution < -0.4 is 10.2 Å². The zero-order valence-corrected chi connectivity index (χ0v) is 14.8. The van der Waals surface area contributed by atoms with Crippen LogP contribution in [-0.2, 0) is 9.59 Å². The Bertz CT molecular complexity index is 778. The second kappa shape index (κ2) is 7.64. The van der Waals surface area contributed by atoms with Crippen LogP contribution in [-0.4, -0.2) is 60.0 Å². The molecule has 0 aromatic heterocycles. The van der Waals surface area contributed by atoms with Crippen LogP contribution in [0.1, 0.15) is 12.8 Å². The van der Waals surface area contributed by atoms with Crippen LogP contribution in [0.4, 0.5) is 24.5 Å². The molecule has 8 nitrogen and oxygen atoms in total. The highest BCUT2D eigenvalue weighted by Gasteiger charge is 2.46. The molecule has 2 atom stereocenters. The van der Waals surface area contributed by atoms with Gasteiger partial charge < -0.3 is 15.1 Å². The molecule has 2 amide bonds. The molecule has 1 aromatic carbocycles. The minimum absolute atomic E-state index is 0.0332. The van der Waals surface area contributed by atoms with Gasteiger partial charge in [-0.15, -0.1) is 0 Å². The van der Waals surface area contributed by atoms with Crippen molar-refractivity contribution >= 4 is 23.2 Å². The summed E-state index contributed by atoms with van der Waals surface area (Å²) >= 11 is 0. The van der Waals surface area contributed by atoms with E-state index in [0.717, 1.165) is 0 Å². The van der Waals surface area contributed by atoms with Crippen molar-refractivity contribution in [1.29, 1.82) is 0 Å². The molecule has 11 heteroatoms. The Morgan fingerprint density at radius 1 is 1.18 bits per heavy atom. The van der Waals surface area contributed by atoms with Crippen LogP contribution >= 0.6 is 0 Å². The highest BCUT2D eigenvalue weighted by Crippen LogP contribution is 2.29. The predicted octanol–water partition coefficient (Wildman–Crippen LogP) is 1.70. The van der Waals surface area contributed by atoms with Gasteiger partial charge in [0, 0.05) is 44.0 Å². The molecule has 0 radical (unpaired) electrons. The number of halogens is 3. The lowest BCUT2D eigenvalue weighted by molar-refractivity contribution is -0.384. The van der Waals surface area contributed by atoms with E-state index < -0.39 is 34.9 Å². The van der Waals surface area contributed by atoms with Crippen molar-refractivity contribution < 1.29 is 27.7 Å². The second-order valence-corrected chi connectivity index (χ2v) is 6.82. The summed E-state index contributed by atoms with van der Waals surface area (Å²) in [4.78, 5) is 38.3. The van der Waals surface area contributed by atoms with Crippen LogP contribution in [0, 0.1) is 16.0 Å². The van der Waals surface area contributed by atoms with Gasteiger partial charge in [-0.2, -0.15) is 13.2 Å². The minimum atomic E-state index is -4.52. The number of rotatable bonds is 3. The fraction of sp³-hybridized carbons (Fsp3) is 0.529. The number of hydrogen-bond acceptors (Lipinski definition) is 5. The fourth-order valence-corrected chi connectivity index (χ4v) is 3.50. The molecule has 152 valence electrons. The molecule has 2 unspecified atom stereocenters. The highest BCUT2D eigenvalue weighted by atomic mass is 19.4. The maximum atomic E-state index is 12.7. The van der Waals surface area contributed by atoms with Crippen molar-refractivity contribution in [3.05, 3.63) is 34.4 Å². The lowest BCUT2D eigenvalue weighted by Gasteiger charge is -2.38. The number of piperazine rings is 1. The number of hydrogen-bond donors (Lipinski definition) is 1. The highest BCUT2D eigenvalue weighted by molar-refractivity contribution is 6.01. The van der Waals surface area contributed by atoms with E-state index in [1.165, 1.54) is 17.0 Å². The van der Waals surface area contributed by atoms with Crippen molar-refractivity contribution in [3.63, 3.8) is 0 Å². The van der Waals surface area contributed by atoms with Crippen LogP contribution in [0.5, 0.6) is 0 Å². The number of carbonyl (C=O) groups excluding carboxylic acids is 2. The summed E-state index contributed by atoms with van der Waals surface area (Å²) in [6, 6.07) is 4.24. The summed E-state index contributed by atoms with van der Waals surface area (Å²) in [6.07, 6.45) is -4.98. The first-order valence-corrected chi connectivity index (χ1v) is 8.82. The topological polar surface area (TPSA) is 95.8 Å². The molecule has 2 aliphatic heterocycles. The first-order valence-electron chi connectivity index (χ1n) is 8.82. The zero-order valence-electron chi connectivity index (χ0n) is 14.8. The molecule has 3 rings (SSSR count). The number of nitrogens with zero attached hydrogens (tertiary/aromatic N) is 3. The third-order valence-corrected chi connectivity index (χ3v) is 5.07. The fourth-order valence-electron chi connectivity index (χ4n) is 3.50. The van der Waals surface area contributed by atoms with Crippen LogP contribution in [0.3, 0.4) is 0 Å². The molecule has 28 heavy (non-hydrogen) atoms. The third kappa shape index (κ3) is 4.18. The Hall–Kier alpha value is -2.85. The Labute approximate surface area is 158 Å². The molecule has 0 spiro atoms. The number of benzene rings is 1. The van der Waals surface area contributed by atoms with Gasteiger partial charge in [-0.05, 0) is 18.9 Å². The summed E-state index contributed by atoms with van der Waals surface area (Å²) in [5.41, 5.74) is 0.624. The standard InChI is InChI=1S/C17H19F3N4O4/c18-17(19,20)14-5-4-13(15(25)21-14)16(26)23-8-6-22(7-9-23)11-2-1-3-12(10-11)24(27)28/h1-3,10,13-14H,4-9H2,(H,21,25). The zero-order chi connectivity index (χ0) is 20.5. The number of piperidine rings is 1. The number of nitro groups is 1. The van der Waals surface area contributed by atoms with Crippen LogP contribution in [0.15, 0.2) is 24.3 Å². The van der Waals surface area contributed by atoms with Crippen molar-refractivity contribution in [2.45, 2.75) is 25.1 Å². The van der Waals surface area contributed by atoms with E-state index in [-0.39, 0.29) is 31.6 Å². The molecule has 2 aliphatic rings. The summed E-state index contributed by atoms with van der Waals surface area (Å²) in [5.74, 6) is -2.47. The largest absolute Gasteiger partial charge is 0.408 e. The molecule has 2 saturated heterocycles. The average molecular weight is 400 g/mol. The lowest BCUT2D eigenvalue weighted by Crippen LogP contribution is -2.57. The number of non-ortho nitro benzene ring substituents is 1. The van der Waals surface area contributed by atoms with Gasteiger partial charge in [0.15, 0.2) is 0 Å². The van der Waals surface area contributed by atoms with E-state index >= 15 is 0 Å². The lowest BCUT2D eigenvalue weighted by atomic mass is 9.92. The van der Waals surface area contributed by atoms with E-state index in [1.807, 2.05) is 10.2 Å². The quantitative estimate of drug-likeness (QED) is 0.473. The number of amides is 2. The van der Waals surface area contributed by atoms with E-state index in [9.17, 15) is 32.9 Å². The number of alkyl halides is 3. The SMILES string of the molecule is O=C1NC(C(F)(F)F)CCC1C(=O)N1CCN(c2cccc([N+](=O)[O-])c2)CC1. The number of nitrogens with one attached hydrogen (secondary N) is 1. The predicted molar refractivity (Wildman–Crippen MR) is 92.6 cm³/mol. The number of anilines is 1. The van der Waals surface area contributed by atoms with E-state index in [1.54, 1.807) is 12.1 Å². The van der Waals surface area contributed by atoms with Gasteiger partial charge in [-0.3, -0.25) is 19.7 Å². The Balaban J connectivity index is 1.58. The van der Waals surface area contributed by atoms with E-state index in [4.69, 9.17) is 0 Å². The Morgan fingerprint density at radius 2 is 1.86 bits per heavy atom. The Kier molecular flexibility index (Phi) is 5.43. The van der Waals surface area contributed by atoms with Crippen LogP contribution in [0.2, 0.25) is 0 Å². The molecule has 2 heterocycles. The Morgan fingerprint density at radius 3 is 2.43 bits per heavy atom. The van der Waals surface area contributed by atoms with E-state index in [2.05, 4.69) is 0 Å². The van der Waals surface area contributed by atoms with Crippen molar-refractivity contribution in [1.82, 2.24) is 10.2 Å². The molecular formula is C17H19F3N4O4. The first kappa shape index (κ1) is 19.9. The minimum Gasteiger partial charge on any atom is -0.368 e. The maximum absolute atomic E-state index is 12.7. The molecule has 0 aliphatic carbocycles. The average Bonchev–Trinajstić information content (AvgIpc) is 2.67. The van der Waals surface area contributed by atoms with Crippen molar-refractivity contribution in [3.8, 4) is 0 Å². The van der Waals surface area contributed by atoms with Crippen molar-refractivity contribution in [2.24, 2.45) is 5.92 Å². The number of carbonyl (C=O) groups is 2. The molecule has 0 bridgehead atoms. The van der Waals surface area contributed by atoms with Gasteiger partial charge in [0.2, 0.25) is 11.8 Å². The molecular weight excluding hydrogens is 381 g/mol. The smallest absolute Gasteiger partial charge is 0.368 e. The monoisotopic (exact) mass is 400 g/mol. The van der Waals surface area contributed by atoms with Gasteiger partial charge in [0.05, 0.1) is 4.92 Å². The van der Waals surface area contributed by atoms with Gasteiger partial charge in [-0.25, -0.2) is 0 Å². The van der Waals surface area contributed by atoms with Gasteiger partial charge in [-0.1, -0.05) is 6.07 Å². The first-order chi connectivity index (χ1) is 13.2. The van der Waals surface area contributed by atoms with Crippen LogP contribution in [0.25, 0.3) is 0 Å². The summed E-state index contributed by atoms with van der Waals surface area (Å²) in [7, 11) is 0. The van der Waals surface area contributed by atoms with Gasteiger partial charge >= 0.3 is 6.18 Å². The molecule has 2 fully saturated rings. The molecule has 1 aromatic rings. The third-order valence-electron chi connectivity index (χ3n) is 5.07. The summed E-state index contributed by atoms with van der Waals surface area (Å²) in [6.45, 7) is 1.39. The molecule has 0 saturated carbocycles.